The number of esters is 1. The van der Waals surface area contributed by atoms with Crippen LogP contribution >= 0.6 is 0 Å². The minimum Gasteiger partial charge on any atom is -0.493 e. The predicted octanol–water partition coefficient (Wildman–Crippen LogP) is 2.53. The molecule has 0 radical (unpaired) electrons. The molecule has 1 saturated heterocycles. The number of likely N-dealkylation sites (tertiary alicyclic amines) is 1. The van der Waals surface area contributed by atoms with Gasteiger partial charge < -0.3 is 19.5 Å². The highest BCUT2D eigenvalue weighted by atomic mass is 16.5. The van der Waals surface area contributed by atoms with Crippen LogP contribution in [0.25, 0.3) is 0 Å². The molecule has 2 aliphatic rings. The largest absolute Gasteiger partial charge is 0.493 e. The van der Waals surface area contributed by atoms with Crippen molar-refractivity contribution in [2.45, 2.75) is 44.9 Å². The van der Waals surface area contributed by atoms with E-state index in [2.05, 4.69) is 5.32 Å². The minimum atomic E-state index is -0.806. The number of hydrogen-bond donors (Lipinski definition) is 1. The van der Waals surface area contributed by atoms with Crippen LogP contribution in [0.15, 0.2) is 12.1 Å². The van der Waals surface area contributed by atoms with Crippen molar-refractivity contribution >= 4 is 29.4 Å². The van der Waals surface area contributed by atoms with E-state index >= 15 is 0 Å². The minimum absolute atomic E-state index is 0.0438. The first-order chi connectivity index (χ1) is 14.9. The van der Waals surface area contributed by atoms with Gasteiger partial charge in [0.05, 0.1) is 25.5 Å². The number of benzene rings is 1. The molecule has 1 aromatic carbocycles. The van der Waals surface area contributed by atoms with Gasteiger partial charge in [0.2, 0.25) is 11.8 Å². The molecule has 0 atom stereocenters. The fourth-order valence-corrected chi connectivity index (χ4v) is 3.95. The van der Waals surface area contributed by atoms with E-state index in [4.69, 9.17) is 14.2 Å². The summed E-state index contributed by atoms with van der Waals surface area (Å²) in [6.07, 6.45) is 5.63. The molecule has 1 N–H and O–H groups in total. The van der Waals surface area contributed by atoms with Gasteiger partial charge in [-0.05, 0) is 19.3 Å². The second kappa shape index (κ2) is 10.3. The van der Waals surface area contributed by atoms with Gasteiger partial charge in [0.1, 0.15) is 0 Å². The third-order valence-corrected chi connectivity index (χ3v) is 5.68. The number of ether oxygens (including phenoxy) is 3. The first kappa shape index (κ1) is 22.6. The van der Waals surface area contributed by atoms with E-state index in [1.807, 2.05) is 0 Å². The standard InChI is InChI=1S/C22H28N2O7/c1-29-17-11-15(22(28)31-13-20(26)24-10-6-9-19(24)25)16(12-18(17)30-2)23-21(27)14-7-4-3-5-8-14/h11-12,14H,3-10,13H2,1-2H3,(H,23,27). The van der Waals surface area contributed by atoms with Gasteiger partial charge in [0.15, 0.2) is 18.1 Å². The highest BCUT2D eigenvalue weighted by molar-refractivity contribution is 6.04. The van der Waals surface area contributed by atoms with E-state index in [9.17, 15) is 19.2 Å². The fourth-order valence-electron chi connectivity index (χ4n) is 3.95. The molecule has 0 unspecified atom stereocenters. The SMILES string of the molecule is COc1cc(NC(=O)C2CCCCC2)c(C(=O)OCC(=O)N2CCCC2=O)cc1OC. The van der Waals surface area contributed by atoms with Crippen molar-refractivity contribution in [3.63, 3.8) is 0 Å². The van der Waals surface area contributed by atoms with Gasteiger partial charge in [0.25, 0.3) is 5.91 Å². The van der Waals surface area contributed by atoms with E-state index in [0.29, 0.717) is 25.1 Å². The number of amides is 3. The number of carbonyl (C=O) groups excluding carboxylic acids is 4. The maximum Gasteiger partial charge on any atom is 0.340 e. The summed E-state index contributed by atoms with van der Waals surface area (Å²) in [5, 5.41) is 2.81. The summed E-state index contributed by atoms with van der Waals surface area (Å²) >= 11 is 0. The molecule has 1 heterocycles. The van der Waals surface area contributed by atoms with Crippen molar-refractivity contribution in [1.82, 2.24) is 4.90 Å². The Hall–Kier alpha value is -3.10. The molecule has 3 amide bonds. The Morgan fingerprint density at radius 2 is 1.71 bits per heavy atom. The Balaban J connectivity index is 1.77. The maximum absolute atomic E-state index is 12.8. The van der Waals surface area contributed by atoms with Crippen LogP contribution in [0.3, 0.4) is 0 Å². The summed E-state index contributed by atoms with van der Waals surface area (Å²) in [4.78, 5) is 50.5. The highest BCUT2D eigenvalue weighted by Crippen LogP contribution is 2.35. The average Bonchev–Trinajstić information content (AvgIpc) is 3.23. The van der Waals surface area contributed by atoms with Crippen molar-refractivity contribution in [1.29, 1.82) is 0 Å². The molecule has 9 nitrogen and oxygen atoms in total. The van der Waals surface area contributed by atoms with Gasteiger partial charge in [-0.1, -0.05) is 19.3 Å². The van der Waals surface area contributed by atoms with Crippen LogP contribution in [-0.2, 0) is 19.1 Å². The summed E-state index contributed by atoms with van der Waals surface area (Å²) in [7, 11) is 2.88. The van der Waals surface area contributed by atoms with Crippen molar-refractivity contribution in [3.05, 3.63) is 17.7 Å². The zero-order chi connectivity index (χ0) is 22.4. The van der Waals surface area contributed by atoms with Crippen LogP contribution in [0.5, 0.6) is 11.5 Å². The van der Waals surface area contributed by atoms with E-state index in [1.165, 1.54) is 26.4 Å². The van der Waals surface area contributed by atoms with Gasteiger partial charge in [0, 0.05) is 31.0 Å². The van der Waals surface area contributed by atoms with Gasteiger partial charge in [-0.15, -0.1) is 0 Å². The van der Waals surface area contributed by atoms with E-state index < -0.39 is 18.5 Å². The lowest BCUT2D eigenvalue weighted by Crippen LogP contribution is -2.35. The van der Waals surface area contributed by atoms with Gasteiger partial charge in [-0.2, -0.15) is 0 Å². The zero-order valence-electron chi connectivity index (χ0n) is 17.9. The zero-order valence-corrected chi connectivity index (χ0v) is 17.9. The number of carbonyl (C=O) groups is 4. The summed E-state index contributed by atoms with van der Waals surface area (Å²) in [6.45, 7) is -0.233. The molecule has 3 rings (SSSR count). The number of rotatable bonds is 7. The lowest BCUT2D eigenvalue weighted by atomic mass is 9.88. The quantitative estimate of drug-likeness (QED) is 0.659. The summed E-state index contributed by atoms with van der Waals surface area (Å²) in [5.74, 6) is -1.30. The molecule has 31 heavy (non-hydrogen) atoms. The molecule has 0 aromatic heterocycles. The molecule has 1 aromatic rings. The molecule has 168 valence electrons. The molecule has 0 spiro atoms. The number of methoxy groups -OCH3 is 2. The molecule has 1 aliphatic carbocycles. The molecular formula is C22H28N2O7. The van der Waals surface area contributed by atoms with E-state index in [-0.39, 0.29) is 34.7 Å². The predicted molar refractivity (Wildman–Crippen MR) is 111 cm³/mol. The van der Waals surface area contributed by atoms with Crippen molar-refractivity contribution in [2.24, 2.45) is 5.92 Å². The number of hydrogen-bond acceptors (Lipinski definition) is 7. The molecule has 1 aliphatic heterocycles. The molecule has 2 fully saturated rings. The second-order valence-corrected chi connectivity index (χ2v) is 7.70. The average molecular weight is 432 g/mol. The van der Waals surface area contributed by atoms with Crippen LogP contribution in [0.2, 0.25) is 0 Å². The first-order valence-corrected chi connectivity index (χ1v) is 10.5. The third-order valence-electron chi connectivity index (χ3n) is 5.68. The van der Waals surface area contributed by atoms with Crippen LogP contribution in [0.1, 0.15) is 55.3 Å². The summed E-state index contributed by atoms with van der Waals surface area (Å²) in [6, 6.07) is 2.91. The Bertz CT molecular complexity index is 862. The number of imide groups is 1. The van der Waals surface area contributed by atoms with E-state index in [1.54, 1.807) is 0 Å². The Morgan fingerprint density at radius 3 is 2.32 bits per heavy atom. The monoisotopic (exact) mass is 432 g/mol. The second-order valence-electron chi connectivity index (χ2n) is 7.70. The molecule has 9 heteroatoms. The third kappa shape index (κ3) is 5.34. The van der Waals surface area contributed by atoms with E-state index in [0.717, 1.165) is 37.0 Å². The topological polar surface area (TPSA) is 111 Å². The van der Waals surface area contributed by atoms with Crippen molar-refractivity contribution < 1.29 is 33.4 Å². The lowest BCUT2D eigenvalue weighted by Gasteiger charge is -2.22. The number of nitrogens with one attached hydrogen (secondary N) is 1. The number of nitrogens with zero attached hydrogens (tertiary/aromatic N) is 1. The Labute approximate surface area is 181 Å². The molecule has 0 bridgehead atoms. The van der Waals surface area contributed by atoms with Crippen molar-refractivity contribution in [3.8, 4) is 11.5 Å². The smallest absolute Gasteiger partial charge is 0.340 e. The summed E-state index contributed by atoms with van der Waals surface area (Å²) < 4.78 is 15.7. The van der Waals surface area contributed by atoms with Crippen LogP contribution in [-0.4, -0.2) is 56.0 Å². The maximum atomic E-state index is 12.8. The van der Waals surface area contributed by atoms with Crippen LogP contribution in [0.4, 0.5) is 5.69 Å². The van der Waals surface area contributed by atoms with Crippen LogP contribution in [0, 0.1) is 5.92 Å². The molecule has 1 saturated carbocycles. The Morgan fingerprint density at radius 1 is 1.03 bits per heavy atom. The fraction of sp³-hybridized carbons (Fsp3) is 0.545. The first-order valence-electron chi connectivity index (χ1n) is 10.5. The lowest BCUT2D eigenvalue weighted by molar-refractivity contribution is -0.144. The summed E-state index contributed by atoms with van der Waals surface area (Å²) in [5.41, 5.74) is 0.269. The number of anilines is 1. The Kier molecular flexibility index (Phi) is 7.49. The van der Waals surface area contributed by atoms with Gasteiger partial charge in [-0.3, -0.25) is 19.3 Å². The van der Waals surface area contributed by atoms with Crippen molar-refractivity contribution in [2.75, 3.05) is 32.7 Å². The van der Waals surface area contributed by atoms with Crippen LogP contribution < -0.4 is 14.8 Å². The van der Waals surface area contributed by atoms with Gasteiger partial charge in [-0.25, -0.2) is 4.79 Å². The normalized spacial score (nSPS) is 16.7. The molecular weight excluding hydrogens is 404 g/mol. The highest BCUT2D eigenvalue weighted by Gasteiger charge is 2.28. The van der Waals surface area contributed by atoms with Gasteiger partial charge >= 0.3 is 5.97 Å².